The molecule has 0 aromatic carbocycles. The van der Waals surface area contributed by atoms with Crippen LogP contribution in [0.3, 0.4) is 0 Å². The zero-order chi connectivity index (χ0) is 13.0. The molecular weight excluding hydrogens is 228 g/mol. The number of pyridine rings is 1. The number of nitrogens with zero attached hydrogens (tertiary/aromatic N) is 2. The highest BCUT2D eigenvalue weighted by Gasteiger charge is 2.29. The summed E-state index contributed by atoms with van der Waals surface area (Å²) < 4.78 is 0. The molecule has 2 rings (SSSR count). The number of carboxylic acids is 1. The SMILES string of the molecule is CC(c1ccccn1)N1CCCCC1CC(=O)O. The van der Waals surface area contributed by atoms with Gasteiger partial charge < -0.3 is 5.11 Å². The van der Waals surface area contributed by atoms with Gasteiger partial charge in [0.15, 0.2) is 0 Å². The van der Waals surface area contributed by atoms with Crippen LogP contribution in [0.15, 0.2) is 24.4 Å². The third kappa shape index (κ3) is 3.07. The van der Waals surface area contributed by atoms with E-state index in [0.29, 0.717) is 0 Å². The highest BCUT2D eigenvalue weighted by Crippen LogP contribution is 2.28. The normalized spacial score (nSPS) is 22.6. The Kier molecular flexibility index (Phi) is 4.31. The molecular formula is C14H20N2O2. The lowest BCUT2D eigenvalue weighted by molar-refractivity contribution is -0.139. The Morgan fingerprint density at radius 3 is 3.06 bits per heavy atom. The van der Waals surface area contributed by atoms with E-state index in [-0.39, 0.29) is 18.5 Å². The van der Waals surface area contributed by atoms with Gasteiger partial charge in [0.25, 0.3) is 0 Å². The van der Waals surface area contributed by atoms with Crippen LogP contribution in [0.2, 0.25) is 0 Å². The number of aromatic nitrogens is 1. The summed E-state index contributed by atoms with van der Waals surface area (Å²) in [5.41, 5.74) is 1.02. The molecule has 0 radical (unpaired) electrons. The molecule has 4 nitrogen and oxygen atoms in total. The molecule has 2 atom stereocenters. The van der Waals surface area contributed by atoms with E-state index in [9.17, 15) is 4.79 Å². The zero-order valence-corrected chi connectivity index (χ0v) is 10.7. The van der Waals surface area contributed by atoms with Crippen LogP contribution in [-0.2, 0) is 4.79 Å². The second-order valence-electron chi connectivity index (χ2n) is 4.92. The number of piperidine rings is 1. The van der Waals surface area contributed by atoms with Gasteiger partial charge in [0, 0.05) is 18.3 Å². The Morgan fingerprint density at radius 1 is 1.56 bits per heavy atom. The summed E-state index contributed by atoms with van der Waals surface area (Å²) in [5, 5.41) is 8.99. The van der Waals surface area contributed by atoms with Crippen LogP contribution in [0, 0.1) is 0 Å². The van der Waals surface area contributed by atoms with Crippen LogP contribution in [0.4, 0.5) is 0 Å². The Balaban J connectivity index is 2.11. The first-order valence-corrected chi connectivity index (χ1v) is 6.57. The van der Waals surface area contributed by atoms with Crippen molar-refractivity contribution in [3.8, 4) is 0 Å². The second-order valence-corrected chi connectivity index (χ2v) is 4.92. The van der Waals surface area contributed by atoms with Gasteiger partial charge in [-0.1, -0.05) is 12.5 Å². The number of carboxylic acid groups (broad SMARTS) is 1. The van der Waals surface area contributed by atoms with Crippen molar-refractivity contribution in [2.75, 3.05) is 6.54 Å². The van der Waals surface area contributed by atoms with Gasteiger partial charge in [0.2, 0.25) is 0 Å². The summed E-state index contributed by atoms with van der Waals surface area (Å²) >= 11 is 0. The minimum absolute atomic E-state index is 0.147. The van der Waals surface area contributed by atoms with Crippen molar-refractivity contribution < 1.29 is 9.90 Å². The Morgan fingerprint density at radius 2 is 2.39 bits per heavy atom. The van der Waals surface area contributed by atoms with Gasteiger partial charge in [0.1, 0.15) is 0 Å². The molecule has 0 bridgehead atoms. The van der Waals surface area contributed by atoms with Gasteiger partial charge in [-0.15, -0.1) is 0 Å². The van der Waals surface area contributed by atoms with Crippen LogP contribution in [-0.4, -0.2) is 33.5 Å². The lowest BCUT2D eigenvalue weighted by atomic mass is 9.96. The second kappa shape index (κ2) is 5.96. The molecule has 0 spiro atoms. The maximum atomic E-state index is 10.9. The molecule has 0 saturated carbocycles. The molecule has 0 aliphatic carbocycles. The van der Waals surface area contributed by atoms with E-state index in [0.717, 1.165) is 31.5 Å². The summed E-state index contributed by atoms with van der Waals surface area (Å²) in [5.74, 6) is -0.708. The lowest BCUT2D eigenvalue weighted by Crippen LogP contribution is -2.42. The van der Waals surface area contributed by atoms with E-state index in [1.54, 1.807) is 6.20 Å². The van der Waals surface area contributed by atoms with Crippen molar-refractivity contribution in [1.82, 2.24) is 9.88 Å². The molecule has 1 aliphatic rings. The Labute approximate surface area is 108 Å². The van der Waals surface area contributed by atoms with E-state index in [1.165, 1.54) is 0 Å². The molecule has 4 heteroatoms. The predicted molar refractivity (Wildman–Crippen MR) is 69.2 cm³/mol. The summed E-state index contributed by atoms with van der Waals surface area (Å²) in [6.45, 7) is 3.08. The quantitative estimate of drug-likeness (QED) is 0.889. The van der Waals surface area contributed by atoms with E-state index in [2.05, 4.69) is 16.8 Å². The first-order valence-electron chi connectivity index (χ1n) is 6.57. The number of aliphatic carboxylic acids is 1. The number of hydrogen-bond donors (Lipinski definition) is 1. The summed E-state index contributed by atoms with van der Waals surface area (Å²) in [4.78, 5) is 17.6. The first-order chi connectivity index (χ1) is 8.68. The maximum Gasteiger partial charge on any atom is 0.304 e. The summed E-state index contributed by atoms with van der Waals surface area (Å²) in [6.07, 6.45) is 5.28. The summed E-state index contributed by atoms with van der Waals surface area (Å²) in [6, 6.07) is 6.23. The maximum absolute atomic E-state index is 10.9. The molecule has 2 heterocycles. The highest BCUT2D eigenvalue weighted by atomic mass is 16.4. The lowest BCUT2D eigenvalue weighted by Gasteiger charge is -2.39. The molecule has 1 saturated heterocycles. The molecule has 2 unspecified atom stereocenters. The third-order valence-electron chi connectivity index (χ3n) is 3.70. The van der Waals surface area contributed by atoms with Crippen molar-refractivity contribution in [1.29, 1.82) is 0 Å². The monoisotopic (exact) mass is 248 g/mol. The van der Waals surface area contributed by atoms with Gasteiger partial charge in [0.05, 0.1) is 12.1 Å². The van der Waals surface area contributed by atoms with Gasteiger partial charge in [-0.2, -0.15) is 0 Å². The van der Waals surface area contributed by atoms with Crippen molar-refractivity contribution in [2.24, 2.45) is 0 Å². The Bertz CT molecular complexity index is 394. The van der Waals surface area contributed by atoms with Crippen LogP contribution in [0.5, 0.6) is 0 Å². The average molecular weight is 248 g/mol. The van der Waals surface area contributed by atoms with Crippen molar-refractivity contribution in [3.63, 3.8) is 0 Å². The van der Waals surface area contributed by atoms with Gasteiger partial charge in [-0.3, -0.25) is 14.7 Å². The van der Waals surface area contributed by atoms with E-state index < -0.39 is 5.97 Å². The molecule has 1 aliphatic heterocycles. The molecule has 98 valence electrons. The largest absolute Gasteiger partial charge is 0.481 e. The number of hydrogen-bond acceptors (Lipinski definition) is 3. The van der Waals surface area contributed by atoms with E-state index in [1.807, 2.05) is 18.2 Å². The molecule has 1 fully saturated rings. The van der Waals surface area contributed by atoms with Crippen LogP contribution < -0.4 is 0 Å². The van der Waals surface area contributed by atoms with Gasteiger partial charge in [-0.05, 0) is 38.4 Å². The van der Waals surface area contributed by atoms with E-state index >= 15 is 0 Å². The number of likely N-dealkylation sites (tertiary alicyclic amines) is 1. The van der Waals surface area contributed by atoms with Gasteiger partial charge >= 0.3 is 5.97 Å². The highest BCUT2D eigenvalue weighted by molar-refractivity contribution is 5.67. The van der Waals surface area contributed by atoms with Crippen LogP contribution in [0.1, 0.15) is 44.3 Å². The topological polar surface area (TPSA) is 53.4 Å². The molecule has 1 N–H and O–H groups in total. The number of rotatable bonds is 4. The molecule has 18 heavy (non-hydrogen) atoms. The number of carbonyl (C=O) groups is 1. The van der Waals surface area contributed by atoms with Gasteiger partial charge in [-0.25, -0.2) is 0 Å². The fourth-order valence-electron chi connectivity index (χ4n) is 2.75. The Hall–Kier alpha value is -1.42. The van der Waals surface area contributed by atoms with Crippen molar-refractivity contribution in [2.45, 2.75) is 44.7 Å². The summed E-state index contributed by atoms with van der Waals surface area (Å²) in [7, 11) is 0. The standard InChI is InChI=1S/C14H20N2O2/c1-11(13-7-2-4-8-15-13)16-9-5-3-6-12(16)10-14(17)18/h2,4,7-8,11-12H,3,5-6,9-10H2,1H3,(H,17,18). The molecule has 1 aromatic rings. The predicted octanol–water partition coefficient (Wildman–Crippen LogP) is 2.47. The molecule has 0 amide bonds. The van der Waals surface area contributed by atoms with Crippen LogP contribution in [0.25, 0.3) is 0 Å². The third-order valence-corrected chi connectivity index (χ3v) is 3.70. The van der Waals surface area contributed by atoms with Crippen LogP contribution >= 0.6 is 0 Å². The average Bonchev–Trinajstić information content (AvgIpc) is 2.39. The minimum atomic E-state index is -0.708. The fourth-order valence-corrected chi connectivity index (χ4v) is 2.75. The first kappa shape index (κ1) is 13.0. The van der Waals surface area contributed by atoms with E-state index in [4.69, 9.17) is 5.11 Å². The molecule has 1 aromatic heterocycles. The smallest absolute Gasteiger partial charge is 0.304 e. The fraction of sp³-hybridized carbons (Fsp3) is 0.571. The van der Waals surface area contributed by atoms with Crippen molar-refractivity contribution in [3.05, 3.63) is 30.1 Å². The minimum Gasteiger partial charge on any atom is -0.481 e. The van der Waals surface area contributed by atoms with Crippen molar-refractivity contribution >= 4 is 5.97 Å². The zero-order valence-electron chi connectivity index (χ0n) is 10.7.